The molecule has 0 bridgehead atoms. The monoisotopic (exact) mass is 263 g/mol. The van der Waals surface area contributed by atoms with E-state index in [1.54, 1.807) is 5.56 Å². The minimum absolute atomic E-state index is 0.556. The standard InChI is InChI=1S/C16H25NS/c1-4-12(3)11-18-15-10-13-8-6-7-9-14(13)16(15)17-5-2/h6-9,12,15-17H,4-5,10-11H2,1-3H3. The fourth-order valence-electron chi connectivity index (χ4n) is 2.58. The van der Waals surface area contributed by atoms with Gasteiger partial charge in [-0.1, -0.05) is 51.5 Å². The van der Waals surface area contributed by atoms with Crippen LogP contribution in [0.15, 0.2) is 24.3 Å². The molecule has 1 N–H and O–H groups in total. The summed E-state index contributed by atoms with van der Waals surface area (Å²) in [6.07, 6.45) is 2.52. The molecule has 0 saturated heterocycles. The molecule has 1 aromatic carbocycles. The fraction of sp³-hybridized carbons (Fsp3) is 0.625. The van der Waals surface area contributed by atoms with Crippen LogP contribution in [0.4, 0.5) is 0 Å². The third kappa shape index (κ3) is 3.10. The molecule has 3 unspecified atom stereocenters. The van der Waals surface area contributed by atoms with E-state index in [2.05, 4.69) is 62.1 Å². The summed E-state index contributed by atoms with van der Waals surface area (Å²) in [7, 11) is 0. The summed E-state index contributed by atoms with van der Waals surface area (Å²) >= 11 is 2.16. The van der Waals surface area contributed by atoms with E-state index in [9.17, 15) is 0 Å². The van der Waals surface area contributed by atoms with Crippen molar-refractivity contribution in [1.82, 2.24) is 5.32 Å². The van der Waals surface area contributed by atoms with E-state index in [1.807, 2.05) is 0 Å². The van der Waals surface area contributed by atoms with Crippen molar-refractivity contribution in [2.75, 3.05) is 12.3 Å². The summed E-state index contributed by atoms with van der Waals surface area (Å²) in [5, 5.41) is 4.39. The van der Waals surface area contributed by atoms with Gasteiger partial charge in [0.15, 0.2) is 0 Å². The van der Waals surface area contributed by atoms with Gasteiger partial charge in [0.2, 0.25) is 0 Å². The van der Waals surface area contributed by atoms with Gasteiger partial charge in [-0.25, -0.2) is 0 Å². The van der Waals surface area contributed by atoms with Gasteiger partial charge in [0, 0.05) is 11.3 Å². The Hall–Kier alpha value is -0.470. The molecule has 18 heavy (non-hydrogen) atoms. The van der Waals surface area contributed by atoms with Crippen LogP contribution in [-0.4, -0.2) is 17.5 Å². The van der Waals surface area contributed by atoms with Gasteiger partial charge in [-0.2, -0.15) is 11.8 Å². The molecular formula is C16H25NS. The topological polar surface area (TPSA) is 12.0 Å². The van der Waals surface area contributed by atoms with E-state index in [4.69, 9.17) is 0 Å². The Morgan fingerprint density at radius 1 is 1.33 bits per heavy atom. The average molecular weight is 263 g/mol. The van der Waals surface area contributed by atoms with Gasteiger partial charge in [0.1, 0.15) is 0 Å². The molecule has 0 amide bonds. The van der Waals surface area contributed by atoms with Gasteiger partial charge in [0.05, 0.1) is 0 Å². The van der Waals surface area contributed by atoms with E-state index >= 15 is 0 Å². The molecule has 0 saturated carbocycles. The van der Waals surface area contributed by atoms with Crippen molar-refractivity contribution in [3.05, 3.63) is 35.4 Å². The van der Waals surface area contributed by atoms with Crippen molar-refractivity contribution in [1.29, 1.82) is 0 Å². The Morgan fingerprint density at radius 3 is 2.83 bits per heavy atom. The van der Waals surface area contributed by atoms with Crippen LogP contribution in [0.1, 0.15) is 44.4 Å². The normalized spacial score (nSPS) is 23.9. The van der Waals surface area contributed by atoms with E-state index in [0.717, 1.165) is 17.7 Å². The predicted octanol–water partition coefficient (Wildman–Crippen LogP) is 4.04. The zero-order chi connectivity index (χ0) is 13.0. The van der Waals surface area contributed by atoms with Crippen molar-refractivity contribution in [2.24, 2.45) is 5.92 Å². The molecule has 0 spiro atoms. The highest BCUT2D eigenvalue weighted by Crippen LogP contribution is 2.39. The van der Waals surface area contributed by atoms with Crippen molar-refractivity contribution >= 4 is 11.8 Å². The number of hydrogen-bond donors (Lipinski definition) is 1. The average Bonchev–Trinajstić information content (AvgIpc) is 2.75. The largest absolute Gasteiger partial charge is 0.309 e. The lowest BCUT2D eigenvalue weighted by Crippen LogP contribution is -2.27. The van der Waals surface area contributed by atoms with E-state index < -0.39 is 0 Å². The SMILES string of the molecule is CCNC1c2ccccc2CC1SCC(C)CC. The van der Waals surface area contributed by atoms with Crippen LogP contribution in [0.2, 0.25) is 0 Å². The first-order chi connectivity index (χ1) is 8.76. The Bertz CT molecular complexity index is 377. The van der Waals surface area contributed by atoms with Gasteiger partial charge < -0.3 is 5.32 Å². The van der Waals surface area contributed by atoms with Gasteiger partial charge in [-0.3, -0.25) is 0 Å². The van der Waals surface area contributed by atoms with Gasteiger partial charge >= 0.3 is 0 Å². The lowest BCUT2D eigenvalue weighted by molar-refractivity contribution is 0.557. The van der Waals surface area contributed by atoms with Crippen molar-refractivity contribution < 1.29 is 0 Å². The molecular weight excluding hydrogens is 238 g/mol. The highest BCUT2D eigenvalue weighted by Gasteiger charge is 2.31. The van der Waals surface area contributed by atoms with Gasteiger partial charge in [0.25, 0.3) is 0 Å². The Morgan fingerprint density at radius 2 is 2.11 bits per heavy atom. The van der Waals surface area contributed by atoms with E-state index in [1.165, 1.54) is 24.2 Å². The van der Waals surface area contributed by atoms with Crippen LogP contribution >= 0.6 is 11.8 Å². The maximum Gasteiger partial charge on any atom is 0.0446 e. The highest BCUT2D eigenvalue weighted by molar-refractivity contribution is 7.99. The number of fused-ring (bicyclic) bond motifs is 1. The van der Waals surface area contributed by atoms with Crippen LogP contribution in [-0.2, 0) is 6.42 Å². The smallest absolute Gasteiger partial charge is 0.0446 e. The Kier molecular flexibility index (Phi) is 5.13. The lowest BCUT2D eigenvalue weighted by atomic mass is 10.1. The second kappa shape index (κ2) is 6.63. The third-order valence-electron chi connectivity index (χ3n) is 3.90. The molecule has 1 aliphatic rings. The zero-order valence-electron chi connectivity index (χ0n) is 11.8. The van der Waals surface area contributed by atoms with Gasteiger partial charge in [-0.05, 0) is 35.8 Å². The molecule has 0 aromatic heterocycles. The van der Waals surface area contributed by atoms with Crippen molar-refractivity contribution in [2.45, 2.75) is 44.9 Å². The quantitative estimate of drug-likeness (QED) is 0.831. The van der Waals surface area contributed by atoms with Crippen LogP contribution in [0.25, 0.3) is 0 Å². The minimum atomic E-state index is 0.556. The summed E-state index contributed by atoms with van der Waals surface area (Å²) in [5.41, 5.74) is 3.08. The summed E-state index contributed by atoms with van der Waals surface area (Å²) in [6.45, 7) is 7.91. The predicted molar refractivity (Wildman–Crippen MR) is 82.3 cm³/mol. The number of hydrogen-bond acceptors (Lipinski definition) is 2. The molecule has 3 atom stereocenters. The molecule has 1 aliphatic carbocycles. The maximum absolute atomic E-state index is 3.67. The van der Waals surface area contributed by atoms with E-state index in [-0.39, 0.29) is 0 Å². The third-order valence-corrected chi connectivity index (χ3v) is 5.53. The molecule has 1 aromatic rings. The first-order valence-corrected chi connectivity index (χ1v) is 8.23. The molecule has 2 rings (SSSR count). The molecule has 0 radical (unpaired) electrons. The molecule has 2 heteroatoms. The number of nitrogens with one attached hydrogen (secondary N) is 1. The lowest BCUT2D eigenvalue weighted by Gasteiger charge is -2.22. The van der Waals surface area contributed by atoms with Crippen LogP contribution in [0.5, 0.6) is 0 Å². The number of rotatable bonds is 6. The van der Waals surface area contributed by atoms with Crippen molar-refractivity contribution in [3.8, 4) is 0 Å². The number of benzene rings is 1. The van der Waals surface area contributed by atoms with Crippen LogP contribution in [0.3, 0.4) is 0 Å². The summed E-state index contributed by atoms with van der Waals surface area (Å²) < 4.78 is 0. The van der Waals surface area contributed by atoms with Crippen molar-refractivity contribution in [3.63, 3.8) is 0 Å². The minimum Gasteiger partial charge on any atom is -0.309 e. The summed E-state index contributed by atoms with van der Waals surface area (Å²) in [4.78, 5) is 0. The molecule has 0 aliphatic heterocycles. The number of thioether (sulfide) groups is 1. The van der Waals surface area contributed by atoms with Crippen LogP contribution < -0.4 is 5.32 Å². The fourth-order valence-corrected chi connectivity index (χ4v) is 4.12. The molecule has 100 valence electrons. The summed E-state index contributed by atoms with van der Waals surface area (Å²) in [5.74, 6) is 2.12. The first kappa shape index (κ1) is 14.0. The van der Waals surface area contributed by atoms with Crippen LogP contribution in [0, 0.1) is 5.92 Å². The van der Waals surface area contributed by atoms with E-state index in [0.29, 0.717) is 6.04 Å². The molecule has 0 heterocycles. The molecule has 1 nitrogen and oxygen atoms in total. The zero-order valence-corrected chi connectivity index (χ0v) is 12.6. The Balaban J connectivity index is 2.04. The molecule has 0 fully saturated rings. The summed E-state index contributed by atoms with van der Waals surface area (Å²) in [6, 6.07) is 9.49. The highest BCUT2D eigenvalue weighted by atomic mass is 32.2. The first-order valence-electron chi connectivity index (χ1n) is 7.19. The second-order valence-electron chi connectivity index (χ2n) is 5.32. The van der Waals surface area contributed by atoms with Gasteiger partial charge in [-0.15, -0.1) is 0 Å². The second-order valence-corrected chi connectivity index (χ2v) is 6.60. The Labute approximate surface area is 116 Å². The maximum atomic E-state index is 3.67.